The van der Waals surface area contributed by atoms with Crippen LogP contribution in [0.1, 0.15) is 19.8 Å². The molecule has 0 spiro atoms. The van der Waals surface area contributed by atoms with E-state index in [1.807, 2.05) is 0 Å². The van der Waals surface area contributed by atoms with Gasteiger partial charge in [-0.25, -0.2) is 9.97 Å². The standard InChI is InChI=1S/C10H11Cl2N3O3/c1-2-18-7(17)4-3-6(16)15-8-9(11)13-5-14-10(8)12/h5H,2-4H2,1H3,(H,15,16). The molecule has 0 saturated heterocycles. The van der Waals surface area contributed by atoms with Crippen LogP contribution >= 0.6 is 23.2 Å². The first kappa shape index (κ1) is 14.7. The zero-order valence-electron chi connectivity index (χ0n) is 9.57. The van der Waals surface area contributed by atoms with Crippen molar-refractivity contribution in [3.63, 3.8) is 0 Å². The molecule has 1 N–H and O–H groups in total. The molecule has 0 aromatic carbocycles. The summed E-state index contributed by atoms with van der Waals surface area (Å²) in [6.45, 7) is 1.98. The molecule has 0 aliphatic heterocycles. The minimum Gasteiger partial charge on any atom is -0.466 e. The molecule has 98 valence electrons. The van der Waals surface area contributed by atoms with Crippen LogP contribution in [0.3, 0.4) is 0 Å². The highest BCUT2D eigenvalue weighted by Crippen LogP contribution is 2.25. The van der Waals surface area contributed by atoms with Gasteiger partial charge in [0.25, 0.3) is 0 Å². The number of ether oxygens (including phenoxy) is 1. The molecule has 1 aromatic rings. The number of nitrogens with zero attached hydrogens (tertiary/aromatic N) is 2. The van der Waals surface area contributed by atoms with Crippen molar-refractivity contribution in [2.45, 2.75) is 19.8 Å². The highest BCUT2D eigenvalue weighted by molar-refractivity contribution is 6.38. The normalized spacial score (nSPS) is 9.94. The maximum Gasteiger partial charge on any atom is 0.306 e. The van der Waals surface area contributed by atoms with Crippen LogP contribution in [-0.2, 0) is 14.3 Å². The van der Waals surface area contributed by atoms with E-state index < -0.39 is 11.9 Å². The van der Waals surface area contributed by atoms with Crippen LogP contribution in [0.5, 0.6) is 0 Å². The highest BCUT2D eigenvalue weighted by Gasteiger charge is 2.13. The molecule has 1 amide bonds. The molecule has 0 fully saturated rings. The minimum atomic E-state index is -0.436. The number of nitrogens with one attached hydrogen (secondary N) is 1. The van der Waals surface area contributed by atoms with E-state index in [4.69, 9.17) is 27.9 Å². The third-order valence-corrected chi connectivity index (χ3v) is 2.45. The summed E-state index contributed by atoms with van der Waals surface area (Å²) in [6.07, 6.45) is 1.14. The van der Waals surface area contributed by atoms with Crippen molar-refractivity contribution in [3.05, 3.63) is 16.6 Å². The fraction of sp³-hybridized carbons (Fsp3) is 0.400. The molecule has 1 rings (SSSR count). The molecule has 0 aliphatic carbocycles. The van der Waals surface area contributed by atoms with E-state index in [0.29, 0.717) is 0 Å². The predicted molar refractivity (Wildman–Crippen MR) is 66.5 cm³/mol. The third kappa shape index (κ3) is 4.46. The summed E-state index contributed by atoms with van der Waals surface area (Å²) in [5.74, 6) is -0.851. The van der Waals surface area contributed by atoms with Gasteiger partial charge in [-0.1, -0.05) is 23.2 Å². The number of rotatable bonds is 5. The van der Waals surface area contributed by atoms with Gasteiger partial charge in [0.05, 0.1) is 13.0 Å². The van der Waals surface area contributed by atoms with Crippen molar-refractivity contribution in [1.82, 2.24) is 9.97 Å². The lowest BCUT2D eigenvalue weighted by atomic mass is 10.3. The molecule has 0 saturated carbocycles. The number of anilines is 1. The first-order valence-corrected chi connectivity index (χ1v) is 5.91. The summed E-state index contributed by atoms with van der Waals surface area (Å²) in [5, 5.41) is 2.52. The minimum absolute atomic E-state index is 0.0113. The molecule has 8 heteroatoms. The number of hydrogen-bond donors (Lipinski definition) is 1. The molecule has 0 aliphatic rings. The largest absolute Gasteiger partial charge is 0.466 e. The second-order valence-electron chi connectivity index (χ2n) is 3.18. The Hall–Kier alpha value is -1.40. The number of esters is 1. The van der Waals surface area contributed by atoms with Crippen LogP contribution in [0.15, 0.2) is 6.33 Å². The number of aromatic nitrogens is 2. The van der Waals surface area contributed by atoms with Crippen molar-refractivity contribution in [2.75, 3.05) is 11.9 Å². The zero-order chi connectivity index (χ0) is 13.5. The van der Waals surface area contributed by atoms with E-state index in [9.17, 15) is 9.59 Å². The molecular formula is C10H11Cl2N3O3. The van der Waals surface area contributed by atoms with E-state index in [1.165, 1.54) is 6.33 Å². The summed E-state index contributed by atoms with van der Waals surface area (Å²) in [7, 11) is 0. The van der Waals surface area contributed by atoms with Crippen molar-refractivity contribution < 1.29 is 14.3 Å². The second-order valence-corrected chi connectivity index (χ2v) is 3.90. The summed E-state index contributed by atoms with van der Waals surface area (Å²) in [5.41, 5.74) is 0.134. The SMILES string of the molecule is CCOC(=O)CCC(=O)Nc1c(Cl)ncnc1Cl. The maximum atomic E-state index is 11.5. The number of carbonyl (C=O) groups is 2. The fourth-order valence-corrected chi connectivity index (χ4v) is 1.51. The smallest absolute Gasteiger partial charge is 0.306 e. The Morgan fingerprint density at radius 3 is 2.44 bits per heavy atom. The van der Waals surface area contributed by atoms with Crippen LogP contribution in [0.4, 0.5) is 5.69 Å². The highest BCUT2D eigenvalue weighted by atomic mass is 35.5. The van der Waals surface area contributed by atoms with Gasteiger partial charge in [0, 0.05) is 6.42 Å². The first-order valence-electron chi connectivity index (χ1n) is 5.16. The molecule has 1 heterocycles. The topological polar surface area (TPSA) is 81.2 Å². The van der Waals surface area contributed by atoms with Gasteiger partial charge in [-0.05, 0) is 6.92 Å². The molecule has 18 heavy (non-hydrogen) atoms. The van der Waals surface area contributed by atoms with E-state index in [1.54, 1.807) is 6.92 Å². The number of carbonyl (C=O) groups excluding carboxylic acids is 2. The second kappa shape index (κ2) is 7.13. The molecule has 0 radical (unpaired) electrons. The summed E-state index contributed by atoms with van der Waals surface area (Å²) in [4.78, 5) is 30.0. The number of amides is 1. The van der Waals surface area contributed by atoms with Crippen molar-refractivity contribution >= 4 is 40.8 Å². The average molecular weight is 292 g/mol. The lowest BCUT2D eigenvalue weighted by Gasteiger charge is -2.07. The van der Waals surface area contributed by atoms with Crippen molar-refractivity contribution in [1.29, 1.82) is 0 Å². The fourth-order valence-electron chi connectivity index (χ4n) is 1.10. The Morgan fingerprint density at radius 2 is 1.89 bits per heavy atom. The van der Waals surface area contributed by atoms with Crippen LogP contribution in [0.2, 0.25) is 10.3 Å². The van der Waals surface area contributed by atoms with Gasteiger partial charge in [0.15, 0.2) is 10.3 Å². The Morgan fingerprint density at radius 1 is 1.28 bits per heavy atom. The lowest BCUT2D eigenvalue weighted by molar-refractivity contribution is -0.144. The van der Waals surface area contributed by atoms with Crippen molar-refractivity contribution in [2.24, 2.45) is 0 Å². The average Bonchev–Trinajstić information content (AvgIpc) is 2.32. The first-order chi connectivity index (χ1) is 8.54. The van der Waals surface area contributed by atoms with Gasteiger partial charge in [0.2, 0.25) is 5.91 Å². The quantitative estimate of drug-likeness (QED) is 0.663. The maximum absolute atomic E-state index is 11.5. The zero-order valence-corrected chi connectivity index (χ0v) is 11.1. The van der Waals surface area contributed by atoms with Crippen LogP contribution in [-0.4, -0.2) is 28.5 Å². The van der Waals surface area contributed by atoms with E-state index in [2.05, 4.69) is 15.3 Å². The van der Waals surface area contributed by atoms with Gasteiger partial charge in [-0.15, -0.1) is 0 Å². The molecule has 6 nitrogen and oxygen atoms in total. The van der Waals surface area contributed by atoms with E-state index in [0.717, 1.165) is 0 Å². The van der Waals surface area contributed by atoms with E-state index in [-0.39, 0.29) is 35.4 Å². The number of hydrogen-bond acceptors (Lipinski definition) is 5. The van der Waals surface area contributed by atoms with E-state index >= 15 is 0 Å². The summed E-state index contributed by atoms with van der Waals surface area (Å²) >= 11 is 11.5. The molecule has 0 unspecified atom stereocenters. The van der Waals surface area contributed by atoms with Crippen molar-refractivity contribution in [3.8, 4) is 0 Å². The molecule has 0 atom stereocenters. The molecular weight excluding hydrogens is 281 g/mol. The van der Waals surface area contributed by atoms with Gasteiger partial charge < -0.3 is 10.1 Å². The van der Waals surface area contributed by atoms with Crippen LogP contribution < -0.4 is 5.32 Å². The predicted octanol–water partition coefficient (Wildman–Crippen LogP) is 2.07. The van der Waals surface area contributed by atoms with Gasteiger partial charge in [-0.2, -0.15) is 0 Å². The Bertz CT molecular complexity index is 434. The third-order valence-electron chi connectivity index (χ3n) is 1.88. The van der Waals surface area contributed by atoms with Gasteiger partial charge in [0.1, 0.15) is 12.0 Å². The van der Waals surface area contributed by atoms with Crippen LogP contribution in [0, 0.1) is 0 Å². The molecule has 0 bridgehead atoms. The van der Waals surface area contributed by atoms with Gasteiger partial charge >= 0.3 is 5.97 Å². The summed E-state index contributed by atoms with van der Waals surface area (Å²) in [6, 6.07) is 0. The van der Waals surface area contributed by atoms with Gasteiger partial charge in [-0.3, -0.25) is 9.59 Å². The Balaban J connectivity index is 2.52. The van der Waals surface area contributed by atoms with Crippen LogP contribution in [0.25, 0.3) is 0 Å². The molecule has 1 aromatic heterocycles. The summed E-state index contributed by atoms with van der Waals surface area (Å²) < 4.78 is 4.69. The monoisotopic (exact) mass is 291 g/mol. The number of halogens is 2. The Labute approximate surface area is 114 Å². The Kier molecular flexibility index (Phi) is 5.80. The lowest BCUT2D eigenvalue weighted by Crippen LogP contribution is -2.15.